The van der Waals surface area contributed by atoms with E-state index < -0.39 is 43.0 Å². The van der Waals surface area contributed by atoms with E-state index in [4.69, 9.17) is 23.7 Å². The van der Waals surface area contributed by atoms with Gasteiger partial charge in [0.2, 0.25) is 0 Å². The third-order valence-corrected chi connectivity index (χ3v) is 4.96. The first kappa shape index (κ1) is 20.0. The fourth-order valence-electron chi connectivity index (χ4n) is 3.54. The highest BCUT2D eigenvalue weighted by atomic mass is 16.8. The van der Waals surface area contributed by atoms with E-state index in [0.717, 1.165) is 5.56 Å². The highest BCUT2D eigenvalue weighted by molar-refractivity contribution is 5.89. The van der Waals surface area contributed by atoms with E-state index in [0.29, 0.717) is 12.2 Å². The molecule has 1 N–H and O–H groups in total. The molecule has 29 heavy (non-hydrogen) atoms. The lowest BCUT2D eigenvalue weighted by molar-refractivity contribution is -0.360. The first-order chi connectivity index (χ1) is 14.2. The molecule has 0 amide bonds. The third kappa shape index (κ3) is 4.34. The number of fused-ring (bicyclic) bond motifs is 1. The quantitative estimate of drug-likeness (QED) is 0.772. The Morgan fingerprint density at radius 3 is 2.45 bits per heavy atom. The topological polar surface area (TPSA) is 83.5 Å². The number of esters is 1. The van der Waals surface area contributed by atoms with Crippen molar-refractivity contribution in [2.75, 3.05) is 13.2 Å². The van der Waals surface area contributed by atoms with Crippen molar-refractivity contribution in [1.82, 2.24) is 0 Å². The molecule has 2 aromatic rings. The third-order valence-electron chi connectivity index (χ3n) is 4.96. The van der Waals surface area contributed by atoms with Gasteiger partial charge in [-0.3, -0.25) is 0 Å². The predicted octanol–water partition coefficient (Wildman–Crippen LogP) is 2.45. The molecule has 2 saturated heterocycles. The van der Waals surface area contributed by atoms with Gasteiger partial charge in [-0.2, -0.15) is 0 Å². The second-order valence-electron chi connectivity index (χ2n) is 6.90. The average molecular weight is 400 g/mol. The number of ether oxygens (including phenoxy) is 5. The van der Waals surface area contributed by atoms with Crippen LogP contribution in [0.4, 0.5) is 0 Å². The summed E-state index contributed by atoms with van der Waals surface area (Å²) in [6, 6.07) is 18.0. The SMILES string of the molecule is CCO[C@H]1O[C@@H]2COC(c3ccccc3)O[C@@H]2[C@H](O)[C@H]1OC(=O)c1ccccc1. The van der Waals surface area contributed by atoms with Gasteiger partial charge in [-0.25, -0.2) is 4.79 Å². The molecule has 154 valence electrons. The highest BCUT2D eigenvalue weighted by Gasteiger charge is 2.51. The molecule has 0 saturated carbocycles. The average Bonchev–Trinajstić information content (AvgIpc) is 2.77. The Hall–Kier alpha value is -2.29. The Kier molecular flexibility index (Phi) is 6.22. The number of aliphatic hydroxyl groups excluding tert-OH is 1. The molecular weight excluding hydrogens is 376 g/mol. The van der Waals surface area contributed by atoms with Gasteiger partial charge in [-0.05, 0) is 19.1 Å². The summed E-state index contributed by atoms with van der Waals surface area (Å²) in [5, 5.41) is 11.0. The van der Waals surface area contributed by atoms with E-state index in [9.17, 15) is 9.90 Å². The van der Waals surface area contributed by atoms with Gasteiger partial charge in [0.05, 0.1) is 12.2 Å². The summed E-state index contributed by atoms with van der Waals surface area (Å²) < 4.78 is 28.9. The number of hydrogen-bond acceptors (Lipinski definition) is 7. The van der Waals surface area contributed by atoms with E-state index in [1.54, 1.807) is 31.2 Å². The summed E-state index contributed by atoms with van der Waals surface area (Å²) >= 11 is 0. The smallest absolute Gasteiger partial charge is 0.338 e. The standard InChI is InChI=1S/C22H24O7/c1-2-25-22-19(28-20(24)14-9-5-3-6-10-14)17(23)18-16(27-22)13-26-21(29-18)15-11-7-4-8-12-15/h3-12,16-19,21-23H,2,13H2,1H3/t16-,17+,18+,19-,21?,22+/m1/s1. The summed E-state index contributed by atoms with van der Waals surface area (Å²) in [7, 11) is 0. The molecule has 1 unspecified atom stereocenters. The second-order valence-corrected chi connectivity index (χ2v) is 6.90. The summed E-state index contributed by atoms with van der Waals surface area (Å²) in [6.45, 7) is 2.37. The van der Waals surface area contributed by atoms with E-state index in [2.05, 4.69) is 0 Å². The first-order valence-electron chi connectivity index (χ1n) is 9.70. The van der Waals surface area contributed by atoms with Crippen molar-refractivity contribution >= 4 is 5.97 Å². The molecule has 7 nitrogen and oxygen atoms in total. The normalized spacial score (nSPS) is 31.7. The molecule has 0 spiro atoms. The maximum Gasteiger partial charge on any atom is 0.338 e. The zero-order valence-corrected chi connectivity index (χ0v) is 16.0. The van der Waals surface area contributed by atoms with Crippen molar-refractivity contribution in [2.24, 2.45) is 0 Å². The lowest BCUT2D eigenvalue weighted by atomic mass is 9.97. The van der Waals surface area contributed by atoms with Crippen LogP contribution in [0.1, 0.15) is 29.1 Å². The van der Waals surface area contributed by atoms with E-state index in [1.165, 1.54) is 0 Å². The Balaban J connectivity index is 1.51. The Morgan fingerprint density at radius 1 is 1.07 bits per heavy atom. The minimum absolute atomic E-state index is 0.226. The van der Waals surface area contributed by atoms with Crippen molar-refractivity contribution in [2.45, 2.75) is 43.9 Å². The summed E-state index contributed by atoms with van der Waals surface area (Å²) in [6.07, 6.45) is -4.96. The van der Waals surface area contributed by atoms with Crippen LogP contribution in [0, 0.1) is 0 Å². The lowest BCUT2D eigenvalue weighted by Gasteiger charge is -2.47. The van der Waals surface area contributed by atoms with Gasteiger partial charge in [0.15, 0.2) is 18.7 Å². The Morgan fingerprint density at radius 2 is 1.76 bits per heavy atom. The Labute approximate surface area is 169 Å². The van der Waals surface area contributed by atoms with Crippen LogP contribution in [0.15, 0.2) is 60.7 Å². The fraction of sp³-hybridized carbons (Fsp3) is 0.409. The first-order valence-corrected chi connectivity index (χ1v) is 9.70. The fourth-order valence-corrected chi connectivity index (χ4v) is 3.54. The van der Waals surface area contributed by atoms with Crippen LogP contribution >= 0.6 is 0 Å². The minimum Gasteiger partial charge on any atom is -0.450 e. The van der Waals surface area contributed by atoms with Crippen LogP contribution < -0.4 is 0 Å². The molecule has 7 heteroatoms. The number of hydrogen-bond donors (Lipinski definition) is 1. The maximum absolute atomic E-state index is 12.5. The van der Waals surface area contributed by atoms with Crippen molar-refractivity contribution in [1.29, 1.82) is 0 Å². The zero-order chi connectivity index (χ0) is 20.2. The summed E-state index contributed by atoms with van der Waals surface area (Å²) in [5.41, 5.74) is 1.22. The second kappa shape index (κ2) is 9.02. The molecule has 2 aliphatic heterocycles. The van der Waals surface area contributed by atoms with Gasteiger partial charge < -0.3 is 28.8 Å². The minimum atomic E-state index is -1.13. The molecule has 2 aliphatic rings. The molecule has 6 atom stereocenters. The molecule has 2 fully saturated rings. The van der Waals surface area contributed by atoms with Gasteiger partial charge >= 0.3 is 5.97 Å². The van der Waals surface area contributed by atoms with Gasteiger partial charge in [-0.15, -0.1) is 0 Å². The zero-order valence-electron chi connectivity index (χ0n) is 16.0. The predicted molar refractivity (Wildman–Crippen MR) is 102 cm³/mol. The number of carbonyl (C=O) groups excluding carboxylic acids is 1. The molecule has 0 bridgehead atoms. The van der Waals surface area contributed by atoms with Crippen molar-refractivity contribution in [3.8, 4) is 0 Å². The van der Waals surface area contributed by atoms with Crippen LogP contribution in [0.2, 0.25) is 0 Å². The van der Waals surface area contributed by atoms with Gasteiger partial charge in [-0.1, -0.05) is 48.5 Å². The van der Waals surface area contributed by atoms with Crippen molar-refractivity contribution in [3.63, 3.8) is 0 Å². The summed E-state index contributed by atoms with van der Waals surface area (Å²) in [4.78, 5) is 12.5. The van der Waals surface area contributed by atoms with Crippen LogP contribution in [0.3, 0.4) is 0 Å². The highest BCUT2D eigenvalue weighted by Crippen LogP contribution is 2.35. The van der Waals surface area contributed by atoms with Crippen LogP contribution in [-0.4, -0.2) is 55.0 Å². The van der Waals surface area contributed by atoms with Crippen LogP contribution in [0.25, 0.3) is 0 Å². The maximum atomic E-state index is 12.5. The lowest BCUT2D eigenvalue weighted by Crippen LogP contribution is -2.63. The Bertz CT molecular complexity index is 797. The number of benzene rings is 2. The van der Waals surface area contributed by atoms with Gasteiger partial charge in [0, 0.05) is 12.2 Å². The number of rotatable bonds is 5. The number of aliphatic hydroxyl groups is 1. The van der Waals surface area contributed by atoms with Gasteiger partial charge in [0.1, 0.15) is 18.3 Å². The molecule has 4 rings (SSSR count). The van der Waals surface area contributed by atoms with E-state index in [1.807, 2.05) is 36.4 Å². The molecule has 0 aliphatic carbocycles. The van der Waals surface area contributed by atoms with E-state index >= 15 is 0 Å². The van der Waals surface area contributed by atoms with Crippen molar-refractivity contribution < 1.29 is 33.6 Å². The molecule has 0 radical (unpaired) electrons. The molecule has 2 heterocycles. The molecule has 2 aromatic carbocycles. The monoisotopic (exact) mass is 400 g/mol. The summed E-state index contributed by atoms with van der Waals surface area (Å²) in [5.74, 6) is -0.562. The number of carbonyl (C=O) groups is 1. The van der Waals surface area contributed by atoms with E-state index in [-0.39, 0.29) is 6.61 Å². The molecule has 0 aromatic heterocycles. The van der Waals surface area contributed by atoms with Crippen LogP contribution in [-0.2, 0) is 23.7 Å². The largest absolute Gasteiger partial charge is 0.450 e. The molecular formula is C22H24O7. The van der Waals surface area contributed by atoms with Crippen LogP contribution in [0.5, 0.6) is 0 Å². The van der Waals surface area contributed by atoms with Gasteiger partial charge in [0.25, 0.3) is 0 Å². The van der Waals surface area contributed by atoms with Crippen molar-refractivity contribution in [3.05, 3.63) is 71.8 Å².